The number of amides is 1. The fourth-order valence-corrected chi connectivity index (χ4v) is 0.661. The first-order valence-electron chi connectivity index (χ1n) is 3.97. The van der Waals surface area contributed by atoms with E-state index in [2.05, 4.69) is 16.6 Å². The Morgan fingerprint density at radius 3 is 2.71 bits per heavy atom. The van der Waals surface area contributed by atoms with Crippen molar-refractivity contribution in [2.24, 2.45) is 0 Å². The minimum absolute atomic E-state index is 0.0703. The van der Waals surface area contributed by atoms with Gasteiger partial charge >= 0.3 is 12.1 Å². The average Bonchev–Trinajstić information content (AvgIpc) is 2.10. The van der Waals surface area contributed by atoms with Crippen LogP contribution in [-0.2, 0) is 9.53 Å². The summed E-state index contributed by atoms with van der Waals surface area (Å²) in [5.41, 5.74) is 0. The highest BCUT2D eigenvalue weighted by molar-refractivity contribution is 5.68. The SMILES string of the molecule is C=CCOC(=O)NC[C@H](O)CC(=O)O. The number of nitrogens with one attached hydrogen (secondary N) is 1. The van der Waals surface area contributed by atoms with Crippen molar-refractivity contribution in [3.05, 3.63) is 12.7 Å². The fraction of sp³-hybridized carbons (Fsp3) is 0.500. The molecule has 6 heteroatoms. The number of rotatable bonds is 6. The van der Waals surface area contributed by atoms with Crippen LogP contribution in [0.25, 0.3) is 0 Å². The number of ether oxygens (including phenoxy) is 1. The zero-order valence-corrected chi connectivity index (χ0v) is 7.60. The standard InChI is InChI=1S/C8H13NO5/c1-2-3-14-8(13)9-5-6(10)4-7(11)12/h2,6,10H,1,3-5H2,(H,9,13)(H,11,12)/t6-/m1/s1. The highest BCUT2D eigenvalue weighted by atomic mass is 16.5. The molecule has 0 unspecified atom stereocenters. The predicted octanol–water partition coefficient (Wildman–Crippen LogP) is -0.266. The first-order valence-corrected chi connectivity index (χ1v) is 3.97. The number of carboxylic acids is 1. The Morgan fingerprint density at radius 2 is 2.21 bits per heavy atom. The lowest BCUT2D eigenvalue weighted by Crippen LogP contribution is -2.33. The maximum absolute atomic E-state index is 10.8. The minimum atomic E-state index is -1.13. The quantitative estimate of drug-likeness (QED) is 0.516. The van der Waals surface area contributed by atoms with Gasteiger partial charge in [-0.2, -0.15) is 0 Å². The maximum Gasteiger partial charge on any atom is 0.407 e. The lowest BCUT2D eigenvalue weighted by molar-refractivity contribution is -0.139. The zero-order valence-electron chi connectivity index (χ0n) is 7.60. The summed E-state index contributed by atoms with van der Waals surface area (Å²) in [4.78, 5) is 20.9. The number of alkyl carbamates (subject to hydrolysis) is 1. The van der Waals surface area contributed by atoms with Gasteiger partial charge in [-0.15, -0.1) is 0 Å². The molecule has 0 saturated carbocycles. The molecule has 0 rings (SSSR count). The van der Waals surface area contributed by atoms with Crippen LogP contribution in [0.3, 0.4) is 0 Å². The van der Waals surface area contributed by atoms with Gasteiger partial charge in [0, 0.05) is 6.54 Å². The van der Waals surface area contributed by atoms with Crippen LogP contribution >= 0.6 is 0 Å². The molecule has 0 spiro atoms. The molecule has 1 amide bonds. The van der Waals surface area contributed by atoms with Crippen LogP contribution in [0.2, 0.25) is 0 Å². The van der Waals surface area contributed by atoms with Crippen LogP contribution in [0, 0.1) is 0 Å². The van der Waals surface area contributed by atoms with Crippen molar-refractivity contribution in [1.82, 2.24) is 5.32 Å². The smallest absolute Gasteiger partial charge is 0.407 e. The number of hydrogen-bond acceptors (Lipinski definition) is 4. The van der Waals surface area contributed by atoms with Gasteiger partial charge in [0.2, 0.25) is 0 Å². The van der Waals surface area contributed by atoms with Crippen LogP contribution in [0.5, 0.6) is 0 Å². The molecule has 0 radical (unpaired) electrons. The Bertz CT molecular complexity index is 216. The Balaban J connectivity index is 3.55. The normalized spacial score (nSPS) is 11.5. The highest BCUT2D eigenvalue weighted by Crippen LogP contribution is 1.89. The zero-order chi connectivity index (χ0) is 11.0. The fourth-order valence-electron chi connectivity index (χ4n) is 0.661. The first-order chi connectivity index (χ1) is 6.56. The number of aliphatic hydroxyl groups is 1. The van der Waals surface area contributed by atoms with Gasteiger partial charge < -0.3 is 20.3 Å². The highest BCUT2D eigenvalue weighted by Gasteiger charge is 2.10. The van der Waals surface area contributed by atoms with Gasteiger partial charge in [0.25, 0.3) is 0 Å². The van der Waals surface area contributed by atoms with Crippen LogP contribution < -0.4 is 5.32 Å². The largest absolute Gasteiger partial charge is 0.481 e. The van der Waals surface area contributed by atoms with Gasteiger partial charge in [-0.25, -0.2) is 4.79 Å². The second kappa shape index (κ2) is 6.90. The lowest BCUT2D eigenvalue weighted by atomic mass is 10.2. The van der Waals surface area contributed by atoms with Crippen molar-refractivity contribution in [1.29, 1.82) is 0 Å². The third-order valence-corrected chi connectivity index (χ3v) is 1.22. The third kappa shape index (κ3) is 7.11. The van der Waals surface area contributed by atoms with E-state index in [1.807, 2.05) is 0 Å². The Morgan fingerprint density at radius 1 is 1.57 bits per heavy atom. The number of carbonyl (C=O) groups excluding carboxylic acids is 1. The molecule has 0 aromatic rings. The van der Waals surface area contributed by atoms with Gasteiger partial charge in [0.1, 0.15) is 6.61 Å². The summed E-state index contributed by atoms with van der Waals surface area (Å²) in [6.07, 6.45) is -0.840. The predicted molar refractivity (Wildman–Crippen MR) is 47.8 cm³/mol. The minimum Gasteiger partial charge on any atom is -0.481 e. The van der Waals surface area contributed by atoms with Gasteiger partial charge in [-0.05, 0) is 0 Å². The van der Waals surface area contributed by atoms with Crippen molar-refractivity contribution in [3.63, 3.8) is 0 Å². The van der Waals surface area contributed by atoms with E-state index in [1.165, 1.54) is 6.08 Å². The Labute approximate surface area is 81.2 Å². The summed E-state index contributed by atoms with van der Waals surface area (Å²) >= 11 is 0. The molecule has 0 aromatic carbocycles. The van der Waals surface area contributed by atoms with Crippen LogP contribution in [0.15, 0.2) is 12.7 Å². The van der Waals surface area contributed by atoms with Crippen molar-refractivity contribution in [3.8, 4) is 0 Å². The number of aliphatic carboxylic acids is 1. The molecular weight excluding hydrogens is 190 g/mol. The second-order valence-electron chi connectivity index (χ2n) is 2.52. The summed E-state index contributed by atoms with van der Waals surface area (Å²) < 4.78 is 4.52. The van der Waals surface area contributed by atoms with Crippen molar-refractivity contribution >= 4 is 12.1 Å². The number of carbonyl (C=O) groups is 2. The molecule has 6 nitrogen and oxygen atoms in total. The molecule has 0 heterocycles. The molecule has 0 aliphatic carbocycles. The first kappa shape index (κ1) is 12.4. The summed E-state index contributed by atoms with van der Waals surface area (Å²) in [6.45, 7) is 3.25. The topological polar surface area (TPSA) is 95.9 Å². The van der Waals surface area contributed by atoms with E-state index < -0.39 is 24.6 Å². The van der Waals surface area contributed by atoms with Gasteiger partial charge in [-0.1, -0.05) is 12.7 Å². The van der Waals surface area contributed by atoms with Crippen LogP contribution in [-0.4, -0.2) is 41.5 Å². The van der Waals surface area contributed by atoms with Gasteiger partial charge in [0.15, 0.2) is 0 Å². The molecule has 0 saturated heterocycles. The molecule has 0 bridgehead atoms. The van der Waals surface area contributed by atoms with Crippen LogP contribution in [0.4, 0.5) is 4.79 Å². The van der Waals surface area contributed by atoms with E-state index in [9.17, 15) is 9.59 Å². The van der Waals surface area contributed by atoms with Crippen molar-refractivity contribution in [2.75, 3.05) is 13.2 Å². The summed E-state index contributed by atoms with van der Waals surface area (Å²) in [6, 6.07) is 0. The van der Waals surface area contributed by atoms with Crippen molar-refractivity contribution in [2.45, 2.75) is 12.5 Å². The molecule has 0 aliphatic heterocycles. The molecule has 0 aliphatic rings. The molecule has 14 heavy (non-hydrogen) atoms. The van der Waals surface area contributed by atoms with E-state index >= 15 is 0 Å². The van der Waals surface area contributed by atoms with E-state index in [0.717, 1.165) is 0 Å². The molecule has 0 fully saturated rings. The Kier molecular flexibility index (Phi) is 6.13. The number of aliphatic hydroxyl groups excluding tert-OH is 1. The second-order valence-corrected chi connectivity index (χ2v) is 2.52. The van der Waals surface area contributed by atoms with E-state index in [1.54, 1.807) is 0 Å². The molecular formula is C8H13NO5. The average molecular weight is 203 g/mol. The molecule has 3 N–H and O–H groups in total. The molecule has 0 aromatic heterocycles. The summed E-state index contributed by atoms with van der Waals surface area (Å²) in [5, 5.41) is 19.5. The summed E-state index contributed by atoms with van der Waals surface area (Å²) in [5.74, 6) is -1.13. The van der Waals surface area contributed by atoms with E-state index in [-0.39, 0.29) is 13.2 Å². The number of carboxylic acid groups (broad SMARTS) is 1. The molecule has 80 valence electrons. The summed E-state index contributed by atoms with van der Waals surface area (Å²) in [7, 11) is 0. The van der Waals surface area contributed by atoms with Crippen LogP contribution in [0.1, 0.15) is 6.42 Å². The lowest BCUT2D eigenvalue weighted by Gasteiger charge is -2.09. The number of hydrogen-bond donors (Lipinski definition) is 3. The third-order valence-electron chi connectivity index (χ3n) is 1.22. The van der Waals surface area contributed by atoms with Gasteiger partial charge in [0.05, 0.1) is 12.5 Å². The Hall–Kier alpha value is -1.56. The molecule has 1 atom stereocenters. The van der Waals surface area contributed by atoms with Crippen molar-refractivity contribution < 1.29 is 24.5 Å². The monoisotopic (exact) mass is 203 g/mol. The van der Waals surface area contributed by atoms with E-state index in [4.69, 9.17) is 10.2 Å². The maximum atomic E-state index is 10.8. The van der Waals surface area contributed by atoms with E-state index in [0.29, 0.717) is 0 Å². The van der Waals surface area contributed by atoms with Gasteiger partial charge in [-0.3, -0.25) is 4.79 Å².